The van der Waals surface area contributed by atoms with Crippen LogP contribution in [0.1, 0.15) is 24.3 Å². The minimum Gasteiger partial charge on any atom is -0.354 e. The van der Waals surface area contributed by atoms with E-state index in [1.807, 2.05) is 41.6 Å². The van der Waals surface area contributed by atoms with Crippen molar-refractivity contribution in [2.75, 3.05) is 56.5 Å². The molecule has 5 rings (SSSR count). The molecule has 176 valence electrons. The molecule has 0 saturated carbocycles. The zero-order valence-corrected chi connectivity index (χ0v) is 19.7. The van der Waals surface area contributed by atoms with Crippen LogP contribution < -0.4 is 10.2 Å². The monoisotopic (exact) mass is 457 g/mol. The number of amides is 1. The molecule has 2 fully saturated rings. The molecule has 0 radical (unpaired) electrons. The number of piperidine rings is 1. The van der Waals surface area contributed by atoms with Gasteiger partial charge in [-0.25, -0.2) is 15.0 Å². The van der Waals surface area contributed by atoms with Crippen molar-refractivity contribution in [2.24, 2.45) is 0 Å². The first kappa shape index (κ1) is 22.3. The van der Waals surface area contributed by atoms with E-state index in [1.54, 1.807) is 0 Å². The summed E-state index contributed by atoms with van der Waals surface area (Å²) in [5.74, 6) is 1.78. The van der Waals surface area contributed by atoms with Crippen LogP contribution in [0.3, 0.4) is 0 Å². The maximum absolute atomic E-state index is 12.2. The van der Waals surface area contributed by atoms with Gasteiger partial charge < -0.3 is 20.0 Å². The smallest absolute Gasteiger partial charge is 0.245 e. The third-order valence-corrected chi connectivity index (χ3v) is 6.82. The maximum atomic E-state index is 12.2. The maximum Gasteiger partial charge on any atom is 0.245 e. The Balaban J connectivity index is 1.35. The summed E-state index contributed by atoms with van der Waals surface area (Å²) in [4.78, 5) is 32.7. The second kappa shape index (κ2) is 9.77. The molecule has 0 spiro atoms. The zero-order chi connectivity index (χ0) is 23.5. The Morgan fingerprint density at radius 1 is 1.09 bits per heavy atom. The average molecular weight is 458 g/mol. The Morgan fingerprint density at radius 2 is 1.94 bits per heavy atom. The van der Waals surface area contributed by atoms with Crippen LogP contribution >= 0.6 is 0 Å². The molecule has 1 amide bonds. The Kier molecular flexibility index (Phi) is 6.40. The lowest BCUT2D eigenvalue weighted by atomic mass is 9.89. The SMILES string of the molecule is C=CC(=O)N1CCC[C@@H](c2cccc3cnc(Nc4ccc(N5CCN(C)CC5)nc4)nc23)C1. The molecule has 1 N–H and O–H groups in total. The lowest BCUT2D eigenvalue weighted by molar-refractivity contribution is -0.127. The molecule has 1 atom stereocenters. The van der Waals surface area contributed by atoms with Crippen molar-refractivity contribution in [1.82, 2.24) is 24.8 Å². The molecule has 8 heteroatoms. The number of nitrogens with zero attached hydrogens (tertiary/aromatic N) is 6. The minimum absolute atomic E-state index is 0.00515. The molecule has 2 aliphatic rings. The van der Waals surface area contributed by atoms with E-state index < -0.39 is 0 Å². The van der Waals surface area contributed by atoms with E-state index in [2.05, 4.69) is 44.8 Å². The molecule has 1 aromatic carbocycles. The van der Waals surface area contributed by atoms with Gasteiger partial charge in [0, 0.05) is 56.8 Å². The highest BCUT2D eigenvalue weighted by Crippen LogP contribution is 2.32. The Hall–Kier alpha value is -3.52. The number of likely N-dealkylation sites (tertiary alicyclic amines) is 1. The number of fused-ring (bicyclic) bond motifs is 1. The topological polar surface area (TPSA) is 77.5 Å². The van der Waals surface area contributed by atoms with Crippen LogP contribution in [0.15, 0.2) is 55.4 Å². The van der Waals surface area contributed by atoms with Gasteiger partial charge >= 0.3 is 0 Å². The largest absolute Gasteiger partial charge is 0.354 e. The van der Waals surface area contributed by atoms with Crippen molar-refractivity contribution in [3.63, 3.8) is 0 Å². The predicted molar refractivity (Wildman–Crippen MR) is 136 cm³/mol. The molecule has 34 heavy (non-hydrogen) atoms. The summed E-state index contributed by atoms with van der Waals surface area (Å²) in [6.45, 7) is 9.19. The average Bonchev–Trinajstić information content (AvgIpc) is 2.89. The van der Waals surface area contributed by atoms with Crippen LogP contribution in [0.4, 0.5) is 17.5 Å². The number of likely N-dealkylation sites (N-methyl/N-ethyl adjacent to an activating group) is 1. The van der Waals surface area contributed by atoms with Gasteiger partial charge in [0.2, 0.25) is 11.9 Å². The first-order chi connectivity index (χ1) is 16.6. The Labute approximate surface area is 200 Å². The Bertz CT molecular complexity index is 1170. The van der Waals surface area contributed by atoms with Gasteiger partial charge in [0.1, 0.15) is 5.82 Å². The van der Waals surface area contributed by atoms with Crippen molar-refractivity contribution in [3.05, 3.63) is 60.9 Å². The van der Waals surface area contributed by atoms with Crippen molar-refractivity contribution in [3.8, 4) is 0 Å². The van der Waals surface area contributed by atoms with Crippen LogP contribution in [0.2, 0.25) is 0 Å². The van der Waals surface area contributed by atoms with E-state index in [4.69, 9.17) is 4.98 Å². The number of anilines is 3. The number of pyridine rings is 1. The molecule has 8 nitrogen and oxygen atoms in total. The molecule has 2 saturated heterocycles. The predicted octanol–water partition coefficient (Wildman–Crippen LogP) is 3.41. The van der Waals surface area contributed by atoms with Gasteiger partial charge in [0.25, 0.3) is 0 Å². The molecule has 0 aliphatic carbocycles. The van der Waals surface area contributed by atoms with Crippen molar-refractivity contribution in [1.29, 1.82) is 0 Å². The Morgan fingerprint density at radius 3 is 2.71 bits per heavy atom. The lowest BCUT2D eigenvalue weighted by Gasteiger charge is -2.33. The van der Waals surface area contributed by atoms with E-state index in [0.717, 1.165) is 73.5 Å². The summed E-state index contributed by atoms with van der Waals surface area (Å²) < 4.78 is 0. The van der Waals surface area contributed by atoms with E-state index >= 15 is 0 Å². The number of aromatic nitrogens is 3. The quantitative estimate of drug-likeness (QED) is 0.588. The van der Waals surface area contributed by atoms with Gasteiger partial charge in [0.05, 0.1) is 17.4 Å². The number of benzene rings is 1. The lowest BCUT2D eigenvalue weighted by Crippen LogP contribution is -2.44. The van der Waals surface area contributed by atoms with E-state index in [9.17, 15) is 4.79 Å². The first-order valence-corrected chi connectivity index (χ1v) is 11.9. The van der Waals surface area contributed by atoms with Crippen LogP contribution in [0, 0.1) is 0 Å². The highest BCUT2D eigenvalue weighted by Gasteiger charge is 2.25. The number of hydrogen-bond donors (Lipinski definition) is 1. The van der Waals surface area contributed by atoms with Gasteiger partial charge in [-0.05, 0) is 43.7 Å². The number of piperazine rings is 1. The summed E-state index contributed by atoms with van der Waals surface area (Å²) >= 11 is 0. The van der Waals surface area contributed by atoms with Crippen molar-refractivity contribution in [2.45, 2.75) is 18.8 Å². The van der Waals surface area contributed by atoms with E-state index in [1.165, 1.54) is 6.08 Å². The highest BCUT2D eigenvalue weighted by molar-refractivity contribution is 5.87. The second-order valence-electron chi connectivity index (χ2n) is 9.13. The summed E-state index contributed by atoms with van der Waals surface area (Å²) in [5.41, 5.74) is 2.95. The van der Waals surface area contributed by atoms with Gasteiger partial charge in [-0.15, -0.1) is 0 Å². The van der Waals surface area contributed by atoms with Crippen molar-refractivity contribution >= 4 is 34.3 Å². The molecule has 2 aromatic heterocycles. The van der Waals surface area contributed by atoms with Gasteiger partial charge in [-0.3, -0.25) is 4.79 Å². The summed E-state index contributed by atoms with van der Waals surface area (Å²) in [7, 11) is 2.15. The van der Waals surface area contributed by atoms with Crippen LogP contribution in [0.25, 0.3) is 10.9 Å². The number of para-hydroxylation sites is 1. The summed E-state index contributed by atoms with van der Waals surface area (Å²) in [5, 5.41) is 4.31. The van der Waals surface area contributed by atoms with Gasteiger partial charge in [0.15, 0.2) is 0 Å². The molecular weight excluding hydrogens is 426 g/mol. The fourth-order valence-electron chi connectivity index (χ4n) is 4.84. The zero-order valence-electron chi connectivity index (χ0n) is 19.7. The third-order valence-electron chi connectivity index (χ3n) is 6.82. The third kappa shape index (κ3) is 4.72. The summed E-state index contributed by atoms with van der Waals surface area (Å²) in [6.07, 6.45) is 7.11. The molecule has 3 aromatic rings. The number of carbonyl (C=O) groups is 1. The highest BCUT2D eigenvalue weighted by atomic mass is 16.2. The standard InChI is InChI=1S/C26H31N7O/c1-3-24(34)33-11-5-7-20(18-33)22-8-4-6-19-16-28-26(30-25(19)22)29-21-9-10-23(27-17-21)32-14-12-31(2)13-15-32/h3-4,6,8-10,16-17,20H,1,5,7,11-15,18H2,2H3,(H,28,29,30)/t20-/m1/s1. The number of hydrogen-bond acceptors (Lipinski definition) is 7. The first-order valence-electron chi connectivity index (χ1n) is 11.9. The second-order valence-corrected chi connectivity index (χ2v) is 9.13. The summed E-state index contributed by atoms with van der Waals surface area (Å²) in [6, 6.07) is 10.3. The fraction of sp³-hybridized carbons (Fsp3) is 0.385. The van der Waals surface area contributed by atoms with E-state index in [0.29, 0.717) is 12.5 Å². The number of carbonyl (C=O) groups excluding carboxylic acids is 1. The number of nitrogens with one attached hydrogen (secondary N) is 1. The molecule has 0 unspecified atom stereocenters. The van der Waals surface area contributed by atoms with Crippen LogP contribution in [-0.4, -0.2) is 77.0 Å². The fourth-order valence-corrected chi connectivity index (χ4v) is 4.84. The molecule has 0 bridgehead atoms. The van der Waals surface area contributed by atoms with Crippen LogP contribution in [0.5, 0.6) is 0 Å². The van der Waals surface area contributed by atoms with E-state index in [-0.39, 0.29) is 11.8 Å². The molecular formula is C26H31N7O. The van der Waals surface area contributed by atoms with Crippen molar-refractivity contribution < 1.29 is 4.79 Å². The van der Waals surface area contributed by atoms with Crippen LogP contribution in [-0.2, 0) is 4.79 Å². The van der Waals surface area contributed by atoms with Gasteiger partial charge in [-0.2, -0.15) is 0 Å². The van der Waals surface area contributed by atoms with Gasteiger partial charge in [-0.1, -0.05) is 24.8 Å². The normalized spacial score (nSPS) is 19.3. The number of rotatable bonds is 5. The molecule has 4 heterocycles. The minimum atomic E-state index is -0.00515. The molecule has 2 aliphatic heterocycles.